The fraction of sp³-hybridized carbons (Fsp3) is 0.483. The van der Waals surface area contributed by atoms with Gasteiger partial charge in [-0.1, -0.05) is 75.4 Å². The Kier molecular flexibility index (Phi) is 7.49. The van der Waals surface area contributed by atoms with Crippen LogP contribution in [0.1, 0.15) is 92.9 Å². The van der Waals surface area contributed by atoms with Gasteiger partial charge in [0.25, 0.3) is 0 Å². The van der Waals surface area contributed by atoms with Gasteiger partial charge in [0.2, 0.25) is 6.79 Å². The summed E-state index contributed by atoms with van der Waals surface area (Å²) >= 11 is 0. The maximum Gasteiger partial charge on any atom is 0.231 e. The number of fused-ring (bicyclic) bond motifs is 1. The number of nitrogens with one attached hydrogen (secondary N) is 1. The molecule has 1 fully saturated rings. The molecule has 34 heavy (non-hydrogen) atoms. The average Bonchev–Trinajstić information content (AvgIpc) is 3.55. The summed E-state index contributed by atoms with van der Waals surface area (Å²) in [5, 5.41) is 0. The van der Waals surface area contributed by atoms with Crippen molar-refractivity contribution in [3.63, 3.8) is 0 Å². The molecule has 3 aromatic rings. The molecule has 0 bridgehead atoms. The van der Waals surface area contributed by atoms with Crippen LogP contribution in [0.5, 0.6) is 11.5 Å². The van der Waals surface area contributed by atoms with Gasteiger partial charge in [-0.25, -0.2) is 4.98 Å². The number of ether oxygens (including phenoxy) is 2. The molecule has 1 N–H and O–H groups in total. The molecule has 1 aliphatic heterocycles. The number of hydrogen-bond donors (Lipinski definition) is 1. The first-order valence-electron chi connectivity index (χ1n) is 13.0. The highest BCUT2D eigenvalue weighted by molar-refractivity contribution is 5.44. The smallest absolute Gasteiger partial charge is 0.231 e. The highest BCUT2D eigenvalue weighted by Crippen LogP contribution is 2.36. The van der Waals surface area contributed by atoms with Gasteiger partial charge in [-0.2, -0.15) is 0 Å². The van der Waals surface area contributed by atoms with E-state index in [4.69, 9.17) is 14.5 Å². The molecule has 0 radical (unpaired) electrons. The Morgan fingerprint density at radius 1 is 0.971 bits per heavy atom. The van der Waals surface area contributed by atoms with E-state index in [1.807, 2.05) is 6.07 Å². The van der Waals surface area contributed by atoms with Crippen molar-refractivity contribution in [1.29, 1.82) is 0 Å². The molecule has 1 unspecified atom stereocenters. The van der Waals surface area contributed by atoms with Crippen molar-refractivity contribution in [1.82, 2.24) is 14.9 Å². The summed E-state index contributed by atoms with van der Waals surface area (Å²) in [5.74, 6) is 3.47. The zero-order valence-electron chi connectivity index (χ0n) is 20.3. The molecule has 0 saturated heterocycles. The molecule has 1 atom stereocenters. The number of H-pyrrole nitrogens is 1. The maximum atomic E-state index is 5.66. The van der Waals surface area contributed by atoms with Gasteiger partial charge in [-0.05, 0) is 42.5 Å². The fourth-order valence-corrected chi connectivity index (χ4v) is 5.39. The summed E-state index contributed by atoms with van der Waals surface area (Å²) in [7, 11) is 0. The quantitative estimate of drug-likeness (QED) is 0.351. The number of imidazole rings is 1. The van der Waals surface area contributed by atoms with Crippen LogP contribution in [0, 0.1) is 0 Å². The van der Waals surface area contributed by atoms with Gasteiger partial charge in [0.05, 0.1) is 11.7 Å². The highest BCUT2D eigenvalue weighted by atomic mass is 16.7. The van der Waals surface area contributed by atoms with Crippen LogP contribution in [0.25, 0.3) is 0 Å². The second-order valence-electron chi connectivity index (χ2n) is 9.78. The summed E-state index contributed by atoms with van der Waals surface area (Å²) in [6, 6.07) is 17.4. The van der Waals surface area contributed by atoms with Crippen LogP contribution in [0.3, 0.4) is 0 Å². The maximum absolute atomic E-state index is 5.66. The van der Waals surface area contributed by atoms with Crippen molar-refractivity contribution in [2.75, 3.05) is 6.79 Å². The van der Waals surface area contributed by atoms with Crippen molar-refractivity contribution in [3.8, 4) is 11.5 Å². The van der Waals surface area contributed by atoms with Gasteiger partial charge < -0.3 is 14.5 Å². The SMILES string of the molecule is CCCCC(c1c[nH]c(C2CCCCC2)n1)N(Cc1ccccc1)Cc1ccc2c(c1)OCO2. The van der Waals surface area contributed by atoms with Crippen molar-refractivity contribution in [3.05, 3.63) is 77.4 Å². The topological polar surface area (TPSA) is 50.4 Å². The van der Waals surface area contributed by atoms with Crippen molar-refractivity contribution < 1.29 is 9.47 Å². The standard InChI is InChI=1S/C29H37N3O2/c1-2-3-14-26(25-18-30-29(31-25)24-12-8-5-9-13-24)32(19-22-10-6-4-7-11-22)20-23-15-16-27-28(17-23)34-21-33-27/h4,6-7,10-11,15-18,24,26H,2-3,5,8-9,12-14,19-21H2,1H3,(H,30,31). The molecule has 2 heterocycles. The van der Waals surface area contributed by atoms with Crippen molar-refractivity contribution in [2.24, 2.45) is 0 Å². The van der Waals surface area contributed by atoms with Crippen LogP contribution >= 0.6 is 0 Å². The lowest BCUT2D eigenvalue weighted by atomic mass is 9.89. The first-order valence-corrected chi connectivity index (χ1v) is 13.0. The van der Waals surface area contributed by atoms with Crippen molar-refractivity contribution in [2.45, 2.75) is 83.3 Å². The molecule has 5 rings (SSSR count). The lowest BCUT2D eigenvalue weighted by Crippen LogP contribution is -2.28. The van der Waals surface area contributed by atoms with E-state index in [9.17, 15) is 0 Å². The minimum absolute atomic E-state index is 0.263. The molecule has 0 spiro atoms. The van der Waals surface area contributed by atoms with Crippen LogP contribution in [0.2, 0.25) is 0 Å². The van der Waals surface area contributed by atoms with Crippen molar-refractivity contribution >= 4 is 0 Å². The molecule has 5 nitrogen and oxygen atoms in total. The van der Waals surface area contributed by atoms with E-state index in [0.29, 0.717) is 12.7 Å². The predicted molar refractivity (Wildman–Crippen MR) is 135 cm³/mol. The average molecular weight is 460 g/mol. The molecule has 1 saturated carbocycles. The molecule has 1 aliphatic carbocycles. The van der Waals surface area contributed by atoms with E-state index in [1.54, 1.807) is 0 Å². The van der Waals surface area contributed by atoms with Gasteiger partial charge in [0, 0.05) is 25.2 Å². The summed E-state index contributed by atoms with van der Waals surface area (Å²) in [4.78, 5) is 11.4. The zero-order valence-corrected chi connectivity index (χ0v) is 20.3. The van der Waals surface area contributed by atoms with Gasteiger partial charge >= 0.3 is 0 Å². The number of unbranched alkanes of at least 4 members (excludes halogenated alkanes) is 1. The van der Waals surface area contributed by atoms with Gasteiger partial charge in [-0.15, -0.1) is 0 Å². The van der Waals surface area contributed by atoms with Crippen LogP contribution in [-0.2, 0) is 13.1 Å². The number of aromatic nitrogens is 2. The second-order valence-corrected chi connectivity index (χ2v) is 9.78. The summed E-state index contributed by atoms with van der Waals surface area (Å²) < 4.78 is 11.2. The van der Waals surface area contributed by atoms with Gasteiger partial charge in [0.1, 0.15) is 5.82 Å². The molecule has 1 aromatic heterocycles. The third-order valence-corrected chi connectivity index (χ3v) is 7.27. The van der Waals surface area contributed by atoms with Gasteiger partial charge in [-0.3, -0.25) is 4.90 Å². The number of benzene rings is 2. The number of aromatic amines is 1. The predicted octanol–water partition coefficient (Wildman–Crippen LogP) is 7.12. The Balaban J connectivity index is 1.43. The fourth-order valence-electron chi connectivity index (χ4n) is 5.39. The first kappa shape index (κ1) is 23.0. The van der Waals surface area contributed by atoms with Crippen LogP contribution in [0.4, 0.5) is 0 Å². The van der Waals surface area contributed by atoms with E-state index in [2.05, 4.69) is 65.5 Å². The van der Waals surface area contributed by atoms with E-state index in [0.717, 1.165) is 31.0 Å². The number of hydrogen-bond acceptors (Lipinski definition) is 4. The largest absolute Gasteiger partial charge is 0.454 e. The Morgan fingerprint density at radius 2 is 1.76 bits per heavy atom. The lowest BCUT2D eigenvalue weighted by molar-refractivity contribution is 0.163. The molecule has 2 aromatic carbocycles. The van der Waals surface area contributed by atoms with E-state index < -0.39 is 0 Å². The second kappa shape index (κ2) is 11.1. The molecule has 5 heteroatoms. The Bertz CT molecular complexity index is 1040. The summed E-state index contributed by atoms with van der Waals surface area (Å²) in [5.41, 5.74) is 3.75. The third-order valence-electron chi connectivity index (χ3n) is 7.27. The van der Waals surface area contributed by atoms with Crippen LogP contribution in [0.15, 0.2) is 54.7 Å². The third kappa shape index (κ3) is 5.47. The van der Waals surface area contributed by atoms with Crippen LogP contribution in [-0.4, -0.2) is 21.7 Å². The molecule has 180 valence electrons. The summed E-state index contributed by atoms with van der Waals surface area (Å²) in [6.45, 7) is 4.30. The van der Waals surface area contributed by atoms with E-state index >= 15 is 0 Å². The number of nitrogens with zero attached hydrogens (tertiary/aromatic N) is 2. The van der Waals surface area contributed by atoms with Gasteiger partial charge in [0.15, 0.2) is 11.5 Å². The van der Waals surface area contributed by atoms with E-state index in [-0.39, 0.29) is 6.04 Å². The number of rotatable bonds is 10. The van der Waals surface area contributed by atoms with E-state index in [1.165, 1.54) is 67.6 Å². The zero-order chi connectivity index (χ0) is 23.2. The lowest BCUT2D eigenvalue weighted by Gasteiger charge is -2.31. The van der Waals surface area contributed by atoms with Crippen LogP contribution < -0.4 is 9.47 Å². The molecule has 0 amide bonds. The monoisotopic (exact) mass is 459 g/mol. The Morgan fingerprint density at radius 3 is 2.59 bits per heavy atom. The Hall–Kier alpha value is -2.79. The normalized spacial score (nSPS) is 16.8. The summed E-state index contributed by atoms with van der Waals surface area (Å²) in [6.07, 6.45) is 12.2. The molecular formula is C29H37N3O2. The minimum atomic E-state index is 0.263. The minimum Gasteiger partial charge on any atom is -0.454 e. The first-order chi connectivity index (χ1) is 16.8. The highest BCUT2D eigenvalue weighted by Gasteiger charge is 2.26. The Labute approximate surface area is 203 Å². The molecule has 2 aliphatic rings. The molecular weight excluding hydrogens is 422 g/mol.